The van der Waals surface area contributed by atoms with Gasteiger partial charge in [0.1, 0.15) is 0 Å². The molecule has 0 radical (unpaired) electrons. The predicted octanol–water partition coefficient (Wildman–Crippen LogP) is 2.34. The van der Waals surface area contributed by atoms with Crippen LogP contribution in [0.5, 0.6) is 0 Å². The van der Waals surface area contributed by atoms with Gasteiger partial charge in [0.25, 0.3) is 5.91 Å². The molecule has 1 amide bonds. The standard InChI is InChI=1S/C10H17F2NO/c1-10(2)6-4-3-5-7(10)13-9(14)8(11)12/h7-8H,3-6H2,1-2H3,(H,13,14). The highest BCUT2D eigenvalue weighted by Gasteiger charge is 2.34. The van der Waals surface area contributed by atoms with Gasteiger partial charge in [0.2, 0.25) is 0 Å². The summed E-state index contributed by atoms with van der Waals surface area (Å²) in [4.78, 5) is 10.8. The molecule has 1 atom stereocenters. The Morgan fingerprint density at radius 1 is 1.43 bits per heavy atom. The summed E-state index contributed by atoms with van der Waals surface area (Å²) in [5, 5.41) is 2.42. The van der Waals surface area contributed by atoms with Crippen LogP contribution in [0.1, 0.15) is 39.5 Å². The van der Waals surface area contributed by atoms with Crippen molar-refractivity contribution < 1.29 is 13.6 Å². The van der Waals surface area contributed by atoms with Gasteiger partial charge in [0.15, 0.2) is 0 Å². The van der Waals surface area contributed by atoms with E-state index in [4.69, 9.17) is 0 Å². The molecule has 1 saturated carbocycles. The number of alkyl halides is 2. The third kappa shape index (κ3) is 2.66. The van der Waals surface area contributed by atoms with Crippen molar-refractivity contribution in [1.29, 1.82) is 0 Å². The van der Waals surface area contributed by atoms with Crippen molar-refractivity contribution >= 4 is 5.91 Å². The normalized spacial score (nSPS) is 26.2. The summed E-state index contributed by atoms with van der Waals surface area (Å²) in [5.74, 6) is -1.13. The molecule has 1 N–H and O–H groups in total. The van der Waals surface area contributed by atoms with Crippen LogP contribution < -0.4 is 5.32 Å². The summed E-state index contributed by atoms with van der Waals surface area (Å²) in [7, 11) is 0. The average Bonchev–Trinajstić information content (AvgIpc) is 2.08. The Hall–Kier alpha value is -0.670. The lowest BCUT2D eigenvalue weighted by Gasteiger charge is -2.38. The van der Waals surface area contributed by atoms with Crippen LogP contribution in [0.2, 0.25) is 0 Å². The number of amides is 1. The van der Waals surface area contributed by atoms with Crippen LogP contribution in [-0.2, 0) is 4.79 Å². The fraction of sp³-hybridized carbons (Fsp3) is 0.900. The van der Waals surface area contributed by atoms with Gasteiger partial charge in [0.05, 0.1) is 0 Å². The molecule has 0 heterocycles. The second kappa shape index (κ2) is 4.24. The van der Waals surface area contributed by atoms with Gasteiger partial charge < -0.3 is 5.32 Å². The zero-order valence-electron chi connectivity index (χ0n) is 8.65. The van der Waals surface area contributed by atoms with Crippen molar-refractivity contribution in [1.82, 2.24) is 5.32 Å². The van der Waals surface area contributed by atoms with Gasteiger partial charge in [-0.15, -0.1) is 0 Å². The maximum absolute atomic E-state index is 12.0. The average molecular weight is 205 g/mol. The molecule has 82 valence electrons. The molecule has 1 rings (SSSR count). The largest absolute Gasteiger partial charge is 0.348 e. The van der Waals surface area contributed by atoms with E-state index in [9.17, 15) is 13.6 Å². The smallest absolute Gasteiger partial charge is 0.315 e. The second-order valence-corrected chi connectivity index (χ2v) is 4.60. The topological polar surface area (TPSA) is 29.1 Å². The molecule has 1 aliphatic carbocycles. The minimum atomic E-state index is -2.90. The second-order valence-electron chi connectivity index (χ2n) is 4.60. The molecule has 1 unspecified atom stereocenters. The molecule has 14 heavy (non-hydrogen) atoms. The van der Waals surface area contributed by atoms with Crippen LogP contribution in [0.25, 0.3) is 0 Å². The molecular formula is C10H17F2NO. The number of halogens is 2. The van der Waals surface area contributed by atoms with Crippen LogP contribution in [0.4, 0.5) is 8.78 Å². The first-order chi connectivity index (χ1) is 6.43. The summed E-state index contributed by atoms with van der Waals surface area (Å²) in [6, 6.07) is -0.0993. The Labute approximate surface area is 83.1 Å². The van der Waals surface area contributed by atoms with Gasteiger partial charge in [-0.2, -0.15) is 8.78 Å². The molecule has 1 aliphatic rings. The third-order valence-corrected chi connectivity index (χ3v) is 3.02. The summed E-state index contributed by atoms with van der Waals surface area (Å²) in [5.41, 5.74) is -0.0528. The summed E-state index contributed by atoms with van der Waals surface area (Å²) in [6.45, 7) is 4.03. The van der Waals surface area contributed by atoms with Gasteiger partial charge in [-0.1, -0.05) is 26.7 Å². The number of hydrogen-bond acceptors (Lipinski definition) is 1. The van der Waals surface area contributed by atoms with E-state index in [-0.39, 0.29) is 11.5 Å². The molecule has 0 aromatic carbocycles. The molecule has 0 spiro atoms. The Morgan fingerprint density at radius 2 is 2.07 bits per heavy atom. The highest BCUT2D eigenvalue weighted by molar-refractivity contribution is 5.79. The Kier molecular flexibility index (Phi) is 3.45. The number of carbonyl (C=O) groups is 1. The number of hydrogen-bond donors (Lipinski definition) is 1. The lowest BCUT2D eigenvalue weighted by Crippen LogP contribution is -2.48. The van der Waals surface area contributed by atoms with Crippen molar-refractivity contribution in [2.45, 2.75) is 52.0 Å². The van der Waals surface area contributed by atoms with Crippen molar-refractivity contribution in [3.05, 3.63) is 0 Å². The van der Waals surface area contributed by atoms with Crippen molar-refractivity contribution in [2.75, 3.05) is 0 Å². The first-order valence-electron chi connectivity index (χ1n) is 5.02. The molecule has 0 aliphatic heterocycles. The number of nitrogens with one attached hydrogen (secondary N) is 1. The van der Waals surface area contributed by atoms with E-state index < -0.39 is 12.3 Å². The van der Waals surface area contributed by atoms with Gasteiger partial charge in [-0.3, -0.25) is 4.79 Å². The number of rotatable bonds is 2. The van der Waals surface area contributed by atoms with Gasteiger partial charge in [-0.05, 0) is 18.3 Å². The Balaban J connectivity index is 2.54. The van der Waals surface area contributed by atoms with E-state index in [1.807, 2.05) is 13.8 Å². The molecular weight excluding hydrogens is 188 g/mol. The monoisotopic (exact) mass is 205 g/mol. The van der Waals surface area contributed by atoms with E-state index in [0.29, 0.717) is 0 Å². The van der Waals surface area contributed by atoms with Crippen molar-refractivity contribution in [3.8, 4) is 0 Å². The Bertz CT molecular complexity index is 216. The van der Waals surface area contributed by atoms with E-state index in [1.54, 1.807) is 0 Å². The van der Waals surface area contributed by atoms with Gasteiger partial charge >= 0.3 is 6.43 Å². The van der Waals surface area contributed by atoms with Crippen LogP contribution >= 0.6 is 0 Å². The van der Waals surface area contributed by atoms with Crippen LogP contribution in [-0.4, -0.2) is 18.4 Å². The van der Waals surface area contributed by atoms with E-state index in [1.165, 1.54) is 0 Å². The summed E-state index contributed by atoms with van der Waals surface area (Å²) >= 11 is 0. The minimum Gasteiger partial charge on any atom is -0.348 e. The van der Waals surface area contributed by atoms with E-state index in [0.717, 1.165) is 25.7 Å². The highest BCUT2D eigenvalue weighted by atomic mass is 19.3. The quantitative estimate of drug-likeness (QED) is 0.736. The first kappa shape index (κ1) is 11.4. The van der Waals surface area contributed by atoms with Gasteiger partial charge in [0, 0.05) is 6.04 Å². The van der Waals surface area contributed by atoms with E-state index >= 15 is 0 Å². The molecule has 2 nitrogen and oxygen atoms in total. The first-order valence-corrected chi connectivity index (χ1v) is 5.02. The summed E-state index contributed by atoms with van der Waals surface area (Å²) < 4.78 is 24.0. The van der Waals surface area contributed by atoms with Crippen LogP contribution in [0, 0.1) is 5.41 Å². The van der Waals surface area contributed by atoms with Crippen molar-refractivity contribution in [3.63, 3.8) is 0 Å². The molecule has 0 saturated heterocycles. The molecule has 0 bridgehead atoms. The van der Waals surface area contributed by atoms with Gasteiger partial charge in [-0.25, -0.2) is 0 Å². The predicted molar refractivity (Wildman–Crippen MR) is 50.2 cm³/mol. The molecule has 4 heteroatoms. The lowest BCUT2D eigenvalue weighted by molar-refractivity contribution is -0.133. The maximum Gasteiger partial charge on any atom is 0.315 e. The zero-order chi connectivity index (χ0) is 10.8. The van der Waals surface area contributed by atoms with Crippen LogP contribution in [0.15, 0.2) is 0 Å². The SMILES string of the molecule is CC1(C)CCCCC1NC(=O)C(F)F. The van der Waals surface area contributed by atoms with Crippen LogP contribution in [0.3, 0.4) is 0 Å². The highest BCUT2D eigenvalue weighted by Crippen LogP contribution is 2.35. The third-order valence-electron chi connectivity index (χ3n) is 3.02. The van der Waals surface area contributed by atoms with Crippen molar-refractivity contribution in [2.24, 2.45) is 5.41 Å². The Morgan fingerprint density at radius 3 is 2.57 bits per heavy atom. The molecule has 1 fully saturated rings. The zero-order valence-corrected chi connectivity index (χ0v) is 8.65. The fourth-order valence-corrected chi connectivity index (χ4v) is 2.00. The maximum atomic E-state index is 12.0. The molecule has 0 aromatic heterocycles. The fourth-order valence-electron chi connectivity index (χ4n) is 2.00. The minimum absolute atomic E-state index is 0.0528. The molecule has 0 aromatic rings. The number of carbonyl (C=O) groups excluding carboxylic acids is 1. The van der Waals surface area contributed by atoms with E-state index in [2.05, 4.69) is 5.32 Å². The lowest BCUT2D eigenvalue weighted by atomic mass is 9.73. The summed E-state index contributed by atoms with van der Waals surface area (Å²) in [6.07, 6.45) is 1.03.